The van der Waals surface area contributed by atoms with Crippen molar-refractivity contribution in [3.63, 3.8) is 0 Å². The maximum atomic E-state index is 12.9. The summed E-state index contributed by atoms with van der Waals surface area (Å²) in [5.41, 5.74) is 4.04. The van der Waals surface area contributed by atoms with Gasteiger partial charge in [0, 0.05) is 11.5 Å². The molecule has 3 aromatic carbocycles. The number of hydrogen-bond acceptors (Lipinski definition) is 7. The van der Waals surface area contributed by atoms with Gasteiger partial charge < -0.3 is 24.1 Å². The molecule has 1 N–H and O–H groups in total. The Morgan fingerprint density at radius 2 is 1.97 bits per heavy atom. The van der Waals surface area contributed by atoms with Crippen molar-refractivity contribution in [2.24, 2.45) is 0 Å². The highest BCUT2D eigenvalue weighted by atomic mass is 32.2. The Hall–Kier alpha value is -3.00. The normalized spacial score (nSPS) is 16.4. The van der Waals surface area contributed by atoms with Crippen molar-refractivity contribution in [2.75, 3.05) is 32.0 Å². The summed E-state index contributed by atoms with van der Waals surface area (Å²) in [4.78, 5) is 12.9. The number of ether oxygens (including phenoxy) is 4. The molecule has 0 aliphatic carbocycles. The van der Waals surface area contributed by atoms with Gasteiger partial charge in [-0.2, -0.15) is 11.8 Å². The molecule has 4 rings (SSSR count). The Morgan fingerprint density at radius 1 is 1.11 bits per heavy atom. The zero-order valence-corrected chi connectivity index (χ0v) is 20.8. The molecule has 0 spiro atoms. The highest BCUT2D eigenvalue weighted by Gasteiger charge is 2.21. The van der Waals surface area contributed by atoms with E-state index in [0.717, 1.165) is 40.4 Å². The van der Waals surface area contributed by atoms with Crippen molar-refractivity contribution in [2.45, 2.75) is 25.4 Å². The molecule has 6 nitrogen and oxygen atoms in total. The first-order valence-corrected chi connectivity index (χ1v) is 12.8. The monoisotopic (exact) mass is 494 g/mol. The largest absolute Gasteiger partial charge is 0.493 e. The Labute approximate surface area is 210 Å². The van der Waals surface area contributed by atoms with E-state index in [1.807, 2.05) is 67.2 Å². The lowest BCUT2D eigenvalue weighted by atomic mass is 9.96. The molecule has 2 atom stereocenters. The minimum atomic E-state index is -0.398. The zero-order chi connectivity index (χ0) is 24.6. The van der Waals surface area contributed by atoms with Gasteiger partial charge in [-0.05, 0) is 52.4 Å². The molecular weight excluding hydrogens is 464 g/mol. The molecule has 0 bridgehead atoms. The number of methoxy groups -OCH3 is 1. The minimum absolute atomic E-state index is 0.0319. The van der Waals surface area contributed by atoms with Crippen molar-refractivity contribution in [3.8, 4) is 28.4 Å². The Bertz CT molecular complexity index is 1140. The van der Waals surface area contributed by atoms with Gasteiger partial charge in [0.05, 0.1) is 26.2 Å². The molecular formula is C28H30O6S. The first-order chi connectivity index (χ1) is 17.1. The lowest BCUT2D eigenvalue weighted by molar-refractivity contribution is -0.134. The average molecular weight is 495 g/mol. The van der Waals surface area contributed by atoms with Gasteiger partial charge in [-0.25, -0.2) is 0 Å². The Morgan fingerprint density at radius 3 is 2.74 bits per heavy atom. The highest BCUT2D eigenvalue weighted by molar-refractivity contribution is 7.99. The number of carbonyl (C=O) groups excluding carboxylic acids is 1. The van der Waals surface area contributed by atoms with Gasteiger partial charge in [0.25, 0.3) is 0 Å². The highest BCUT2D eigenvalue weighted by Crippen LogP contribution is 2.38. The second-order valence-electron chi connectivity index (χ2n) is 8.31. The number of esters is 1. The predicted molar refractivity (Wildman–Crippen MR) is 137 cm³/mol. The lowest BCUT2D eigenvalue weighted by Gasteiger charge is -2.25. The molecule has 3 aromatic rings. The maximum Gasteiger partial charge on any atom is 0.311 e. The molecule has 0 aromatic heterocycles. The second kappa shape index (κ2) is 12.1. The fourth-order valence-corrected chi connectivity index (χ4v) is 5.02. The molecule has 2 unspecified atom stereocenters. The second-order valence-corrected chi connectivity index (χ2v) is 9.46. The number of hydrogen-bond donors (Lipinski definition) is 1. The summed E-state index contributed by atoms with van der Waals surface area (Å²) in [6, 6.07) is 21.2. The van der Waals surface area contributed by atoms with E-state index < -0.39 is 6.79 Å². The van der Waals surface area contributed by atoms with Crippen LogP contribution in [-0.2, 0) is 9.53 Å². The summed E-state index contributed by atoms with van der Waals surface area (Å²) in [6.07, 6.45) is 0.212. The van der Waals surface area contributed by atoms with E-state index in [1.54, 1.807) is 13.2 Å². The zero-order valence-electron chi connectivity index (χ0n) is 19.9. The first-order valence-electron chi connectivity index (χ1n) is 11.6. The quantitative estimate of drug-likeness (QED) is 0.236. The molecule has 1 saturated heterocycles. The van der Waals surface area contributed by atoms with Crippen LogP contribution in [0.2, 0.25) is 0 Å². The SMILES string of the molecule is COc1ccc(-c2ccccc2C2CSCCO2)cc1OC(=O)CC(C)c1cccc(OCO)c1. The van der Waals surface area contributed by atoms with Gasteiger partial charge in [-0.15, -0.1) is 0 Å². The van der Waals surface area contributed by atoms with E-state index in [0.29, 0.717) is 17.2 Å². The fraction of sp³-hybridized carbons (Fsp3) is 0.321. The van der Waals surface area contributed by atoms with Gasteiger partial charge in [0.1, 0.15) is 5.75 Å². The molecule has 1 aliphatic rings. The fourth-order valence-electron chi connectivity index (χ4n) is 4.15. The van der Waals surface area contributed by atoms with E-state index in [2.05, 4.69) is 12.1 Å². The topological polar surface area (TPSA) is 74.2 Å². The maximum absolute atomic E-state index is 12.9. The number of carbonyl (C=O) groups is 1. The van der Waals surface area contributed by atoms with Gasteiger partial charge in [-0.3, -0.25) is 4.79 Å². The molecule has 0 radical (unpaired) electrons. The summed E-state index contributed by atoms with van der Waals surface area (Å²) in [5.74, 6) is 2.90. The Balaban J connectivity index is 1.53. The van der Waals surface area contributed by atoms with E-state index >= 15 is 0 Å². The van der Waals surface area contributed by atoms with Crippen LogP contribution in [0.5, 0.6) is 17.2 Å². The van der Waals surface area contributed by atoms with Crippen LogP contribution in [0.1, 0.15) is 36.5 Å². The van der Waals surface area contributed by atoms with Crippen LogP contribution in [0.25, 0.3) is 11.1 Å². The van der Waals surface area contributed by atoms with Gasteiger partial charge in [0.15, 0.2) is 18.3 Å². The summed E-state index contributed by atoms with van der Waals surface area (Å²) in [5, 5.41) is 8.99. The van der Waals surface area contributed by atoms with Crippen LogP contribution in [0.15, 0.2) is 66.7 Å². The van der Waals surface area contributed by atoms with Crippen LogP contribution in [-0.4, -0.2) is 43.1 Å². The minimum Gasteiger partial charge on any atom is -0.493 e. The van der Waals surface area contributed by atoms with Crippen molar-refractivity contribution in [1.82, 2.24) is 0 Å². The van der Waals surface area contributed by atoms with Crippen LogP contribution in [0.3, 0.4) is 0 Å². The summed E-state index contributed by atoms with van der Waals surface area (Å²) in [7, 11) is 1.56. The van der Waals surface area contributed by atoms with Crippen molar-refractivity contribution in [1.29, 1.82) is 0 Å². The smallest absolute Gasteiger partial charge is 0.311 e. The Kier molecular flexibility index (Phi) is 8.69. The summed E-state index contributed by atoms with van der Waals surface area (Å²) < 4.78 is 22.4. The van der Waals surface area contributed by atoms with Gasteiger partial charge in [0.2, 0.25) is 0 Å². The van der Waals surface area contributed by atoms with Crippen molar-refractivity contribution >= 4 is 17.7 Å². The molecule has 184 valence electrons. The van der Waals surface area contributed by atoms with E-state index in [1.165, 1.54) is 0 Å². The summed E-state index contributed by atoms with van der Waals surface area (Å²) >= 11 is 1.89. The number of thioether (sulfide) groups is 1. The van der Waals surface area contributed by atoms with E-state index in [9.17, 15) is 4.79 Å². The third-order valence-corrected chi connectivity index (χ3v) is 6.95. The number of aliphatic hydroxyl groups is 1. The van der Waals surface area contributed by atoms with E-state index in [4.69, 9.17) is 24.1 Å². The lowest BCUT2D eigenvalue weighted by Crippen LogP contribution is -2.16. The number of rotatable bonds is 9. The summed E-state index contributed by atoms with van der Waals surface area (Å²) in [6.45, 7) is 2.29. The number of aliphatic hydroxyl groups excluding tert-OH is 1. The van der Waals surface area contributed by atoms with Crippen LogP contribution >= 0.6 is 11.8 Å². The van der Waals surface area contributed by atoms with Crippen LogP contribution in [0.4, 0.5) is 0 Å². The van der Waals surface area contributed by atoms with Crippen molar-refractivity contribution < 1.29 is 28.8 Å². The third-order valence-electron chi connectivity index (χ3n) is 5.95. The molecule has 1 heterocycles. The first kappa shape index (κ1) is 25.1. The predicted octanol–water partition coefficient (Wildman–Crippen LogP) is 5.59. The van der Waals surface area contributed by atoms with Crippen molar-refractivity contribution in [3.05, 3.63) is 77.9 Å². The molecule has 0 amide bonds. The molecule has 0 saturated carbocycles. The average Bonchev–Trinajstić information content (AvgIpc) is 2.89. The number of benzene rings is 3. The molecule has 7 heteroatoms. The third kappa shape index (κ3) is 6.36. The molecule has 35 heavy (non-hydrogen) atoms. The van der Waals surface area contributed by atoms with Crippen LogP contribution < -0.4 is 14.2 Å². The molecule has 1 aliphatic heterocycles. The van der Waals surface area contributed by atoms with Crippen LogP contribution in [0, 0.1) is 0 Å². The van der Waals surface area contributed by atoms with Gasteiger partial charge in [-0.1, -0.05) is 49.4 Å². The standard InChI is InChI=1S/C28H30O6S/c1-19(20-6-5-7-22(15-20)33-18-29)14-28(30)34-26-16-21(10-11-25(26)31-2)23-8-3-4-9-24(23)27-17-35-13-12-32-27/h3-11,15-16,19,27,29H,12-14,17-18H2,1-2H3. The molecule has 1 fully saturated rings. The van der Waals surface area contributed by atoms with E-state index in [-0.39, 0.29) is 24.4 Å². The van der Waals surface area contributed by atoms with Gasteiger partial charge >= 0.3 is 5.97 Å².